The van der Waals surface area contributed by atoms with E-state index in [1.54, 1.807) is 33.0 Å². The van der Waals surface area contributed by atoms with Gasteiger partial charge in [-0.25, -0.2) is 9.59 Å². The van der Waals surface area contributed by atoms with Crippen molar-refractivity contribution in [1.29, 1.82) is 0 Å². The van der Waals surface area contributed by atoms with Crippen LogP contribution < -0.4 is 10.1 Å². The Labute approximate surface area is 212 Å². The van der Waals surface area contributed by atoms with Crippen LogP contribution >= 0.6 is 0 Å². The monoisotopic (exact) mass is 496 g/mol. The minimum absolute atomic E-state index is 0.276. The van der Waals surface area contributed by atoms with Crippen molar-refractivity contribution in [1.82, 2.24) is 9.88 Å². The van der Waals surface area contributed by atoms with Crippen molar-refractivity contribution in [3.05, 3.63) is 65.9 Å². The lowest BCUT2D eigenvalue weighted by Gasteiger charge is -2.20. The fraction of sp³-hybridized carbons (Fsp3) is 0.429. The molecule has 0 saturated heterocycles. The van der Waals surface area contributed by atoms with Crippen LogP contribution in [0.15, 0.2) is 54.7 Å². The van der Waals surface area contributed by atoms with Crippen LogP contribution in [0.2, 0.25) is 0 Å². The lowest BCUT2D eigenvalue weighted by atomic mass is 10.1. The number of nitrogens with one attached hydrogen (secondary N) is 1. The van der Waals surface area contributed by atoms with E-state index in [9.17, 15) is 14.7 Å². The number of benzene rings is 2. The maximum Gasteiger partial charge on any atom is 0.418 e. The maximum absolute atomic E-state index is 12.6. The summed E-state index contributed by atoms with van der Waals surface area (Å²) < 4.78 is 18.2. The molecule has 1 unspecified atom stereocenters. The molecule has 0 aliphatic carbocycles. The Hall–Kier alpha value is -3.52. The first-order chi connectivity index (χ1) is 16.8. The lowest BCUT2D eigenvalue weighted by Crippen LogP contribution is -2.33. The van der Waals surface area contributed by atoms with Gasteiger partial charge >= 0.3 is 12.2 Å². The molecule has 0 fully saturated rings. The number of alkyl carbamates (subject to hydrolysis) is 1. The van der Waals surface area contributed by atoms with Crippen LogP contribution in [0, 0.1) is 0 Å². The predicted molar refractivity (Wildman–Crippen MR) is 138 cm³/mol. The smallest absolute Gasteiger partial charge is 0.418 e. The number of fused-ring (bicyclic) bond motifs is 1. The first kappa shape index (κ1) is 27.1. The quantitative estimate of drug-likeness (QED) is 0.419. The second-order valence-electron chi connectivity index (χ2n) is 10.7. The Kier molecular flexibility index (Phi) is 8.30. The highest BCUT2D eigenvalue weighted by Crippen LogP contribution is 2.24. The molecule has 8 heteroatoms. The number of ether oxygens (including phenoxy) is 3. The van der Waals surface area contributed by atoms with E-state index in [4.69, 9.17) is 14.2 Å². The van der Waals surface area contributed by atoms with E-state index in [0.717, 1.165) is 16.5 Å². The van der Waals surface area contributed by atoms with E-state index in [-0.39, 0.29) is 13.2 Å². The lowest BCUT2D eigenvalue weighted by molar-refractivity contribution is 0.0513. The molecule has 8 nitrogen and oxygen atoms in total. The van der Waals surface area contributed by atoms with E-state index < -0.39 is 29.5 Å². The summed E-state index contributed by atoms with van der Waals surface area (Å²) >= 11 is 0. The Morgan fingerprint density at radius 3 is 2.39 bits per heavy atom. The molecule has 0 spiro atoms. The molecule has 2 N–H and O–H groups in total. The molecule has 1 atom stereocenters. The molecule has 0 radical (unpaired) electrons. The molecule has 36 heavy (non-hydrogen) atoms. The Morgan fingerprint density at radius 2 is 1.69 bits per heavy atom. The van der Waals surface area contributed by atoms with Crippen molar-refractivity contribution in [2.75, 3.05) is 6.54 Å². The third-order valence-electron chi connectivity index (χ3n) is 5.08. The summed E-state index contributed by atoms with van der Waals surface area (Å²) in [6.45, 7) is 11.4. The van der Waals surface area contributed by atoms with Crippen LogP contribution in [-0.4, -0.2) is 39.6 Å². The standard InChI is InChI=1S/C28H36N2O6/c1-27(2,3)35-25(32)29-14-12-24(31)21-8-7-9-22(17-21)34-18-19-10-11-20-13-15-30(23(20)16-19)26(33)36-28(4,5)6/h7-11,13,15-17,24,31H,12,14,18H2,1-6H3,(H,29,32). The molecule has 194 valence electrons. The van der Waals surface area contributed by atoms with Crippen molar-refractivity contribution >= 4 is 23.1 Å². The summed E-state index contributed by atoms with van der Waals surface area (Å²) in [4.78, 5) is 24.3. The third-order valence-corrected chi connectivity index (χ3v) is 5.08. The van der Waals surface area contributed by atoms with Gasteiger partial charge in [-0.05, 0) is 83.4 Å². The molecule has 0 saturated carbocycles. The predicted octanol–water partition coefficient (Wildman–Crippen LogP) is 5.95. The largest absolute Gasteiger partial charge is 0.489 e. The van der Waals surface area contributed by atoms with Gasteiger partial charge in [-0.15, -0.1) is 0 Å². The van der Waals surface area contributed by atoms with E-state index in [2.05, 4.69) is 5.32 Å². The molecular weight excluding hydrogens is 460 g/mol. The summed E-state index contributed by atoms with van der Waals surface area (Å²) in [7, 11) is 0. The molecule has 2 aromatic carbocycles. The van der Waals surface area contributed by atoms with E-state index in [1.165, 1.54) is 4.57 Å². The van der Waals surface area contributed by atoms with Gasteiger partial charge in [0.2, 0.25) is 0 Å². The normalized spacial score (nSPS) is 12.8. The highest BCUT2D eigenvalue weighted by molar-refractivity contribution is 5.90. The Bertz CT molecular complexity index is 1200. The van der Waals surface area contributed by atoms with Gasteiger partial charge in [0.1, 0.15) is 23.6 Å². The van der Waals surface area contributed by atoms with Crippen LogP contribution in [0.5, 0.6) is 5.75 Å². The molecule has 0 bridgehead atoms. The van der Waals surface area contributed by atoms with E-state index in [1.807, 2.05) is 63.2 Å². The topological polar surface area (TPSA) is 99.0 Å². The van der Waals surface area contributed by atoms with Crippen molar-refractivity contribution in [2.24, 2.45) is 0 Å². The molecule has 0 aliphatic rings. The van der Waals surface area contributed by atoms with Crippen LogP contribution in [0.4, 0.5) is 9.59 Å². The summed E-state index contributed by atoms with van der Waals surface area (Å²) in [5, 5.41) is 14.1. The first-order valence-electron chi connectivity index (χ1n) is 12.0. The number of hydrogen-bond acceptors (Lipinski definition) is 6. The van der Waals surface area contributed by atoms with Gasteiger partial charge in [-0.2, -0.15) is 0 Å². The second kappa shape index (κ2) is 11.0. The molecule has 1 amide bonds. The summed E-state index contributed by atoms with van der Waals surface area (Å²) in [5.41, 5.74) is 1.16. The number of carbonyl (C=O) groups excluding carboxylic acids is 2. The number of amides is 1. The highest BCUT2D eigenvalue weighted by atomic mass is 16.6. The fourth-order valence-electron chi connectivity index (χ4n) is 3.50. The molecule has 1 aromatic heterocycles. The zero-order valence-electron chi connectivity index (χ0n) is 21.8. The average molecular weight is 497 g/mol. The minimum Gasteiger partial charge on any atom is -0.489 e. The van der Waals surface area contributed by atoms with Crippen LogP contribution in [-0.2, 0) is 16.1 Å². The van der Waals surface area contributed by atoms with Crippen LogP contribution in [0.25, 0.3) is 10.9 Å². The zero-order chi connectivity index (χ0) is 26.5. The van der Waals surface area contributed by atoms with E-state index in [0.29, 0.717) is 17.7 Å². The van der Waals surface area contributed by atoms with Gasteiger partial charge in [0.25, 0.3) is 0 Å². The van der Waals surface area contributed by atoms with Gasteiger partial charge in [0, 0.05) is 18.1 Å². The first-order valence-corrected chi connectivity index (χ1v) is 12.0. The molecule has 1 heterocycles. The van der Waals surface area contributed by atoms with Gasteiger partial charge in [-0.3, -0.25) is 4.57 Å². The van der Waals surface area contributed by atoms with Crippen LogP contribution in [0.1, 0.15) is 65.2 Å². The summed E-state index contributed by atoms with van der Waals surface area (Å²) in [6, 6.07) is 14.9. The van der Waals surface area contributed by atoms with Crippen molar-refractivity contribution in [3.63, 3.8) is 0 Å². The van der Waals surface area contributed by atoms with Crippen molar-refractivity contribution < 1.29 is 28.9 Å². The molecular formula is C28H36N2O6. The number of nitrogens with zero attached hydrogens (tertiary/aromatic N) is 1. The van der Waals surface area contributed by atoms with Crippen molar-refractivity contribution in [2.45, 2.75) is 71.9 Å². The maximum atomic E-state index is 12.6. The zero-order valence-corrected chi connectivity index (χ0v) is 21.8. The third kappa shape index (κ3) is 8.02. The summed E-state index contributed by atoms with van der Waals surface area (Å²) in [6.07, 6.45) is 0.323. The molecule has 3 rings (SSSR count). The second-order valence-corrected chi connectivity index (χ2v) is 10.7. The number of carbonyl (C=O) groups is 2. The van der Waals surface area contributed by atoms with Gasteiger partial charge < -0.3 is 24.6 Å². The van der Waals surface area contributed by atoms with Gasteiger partial charge in [0.15, 0.2) is 0 Å². The summed E-state index contributed by atoms with van der Waals surface area (Å²) in [5.74, 6) is 0.606. The molecule has 3 aromatic rings. The fourth-order valence-corrected chi connectivity index (χ4v) is 3.50. The minimum atomic E-state index is -0.767. The number of rotatable bonds is 7. The van der Waals surface area contributed by atoms with Gasteiger partial charge in [-0.1, -0.05) is 24.3 Å². The number of aromatic nitrogens is 1. The number of aliphatic hydroxyl groups excluding tert-OH is 1. The number of aliphatic hydroxyl groups is 1. The Balaban J connectivity index is 1.60. The van der Waals surface area contributed by atoms with Crippen molar-refractivity contribution in [3.8, 4) is 5.75 Å². The van der Waals surface area contributed by atoms with E-state index >= 15 is 0 Å². The number of hydrogen-bond donors (Lipinski definition) is 2. The Morgan fingerprint density at radius 1 is 0.972 bits per heavy atom. The average Bonchev–Trinajstić information content (AvgIpc) is 3.19. The SMILES string of the molecule is CC(C)(C)OC(=O)NCCC(O)c1cccc(OCc2ccc3ccn(C(=O)OC(C)(C)C)c3c2)c1. The highest BCUT2D eigenvalue weighted by Gasteiger charge is 2.19. The van der Waals surface area contributed by atoms with Gasteiger partial charge in [0.05, 0.1) is 11.6 Å². The molecule has 0 aliphatic heterocycles. The van der Waals surface area contributed by atoms with Crippen LogP contribution in [0.3, 0.4) is 0 Å².